The van der Waals surface area contributed by atoms with Gasteiger partial charge in [-0.15, -0.1) is 0 Å². The molecule has 0 heterocycles. The second-order valence-electron chi connectivity index (χ2n) is 6.28. The number of anilines is 1. The topological polar surface area (TPSA) is 66.5 Å². The average Bonchev–Trinajstić information content (AvgIpc) is 2.57. The molecule has 0 saturated carbocycles. The van der Waals surface area contributed by atoms with Crippen molar-refractivity contribution in [1.29, 1.82) is 0 Å². The van der Waals surface area contributed by atoms with Crippen molar-refractivity contribution in [2.24, 2.45) is 0 Å². The first kappa shape index (κ1) is 23.3. The van der Waals surface area contributed by atoms with Gasteiger partial charge in [-0.2, -0.15) is 13.2 Å². The maximum atomic E-state index is 12.8. The van der Waals surface area contributed by atoms with Crippen molar-refractivity contribution in [3.8, 4) is 0 Å². The largest absolute Gasteiger partial charge is 0.416 e. The fourth-order valence-corrected chi connectivity index (χ4v) is 4.34. The first-order valence-electron chi connectivity index (χ1n) is 8.18. The molecule has 0 unspecified atom stereocenters. The summed E-state index contributed by atoms with van der Waals surface area (Å²) in [5.74, 6) is -0.705. The predicted molar refractivity (Wildman–Crippen MR) is 107 cm³/mol. The zero-order chi connectivity index (χ0) is 22.0. The Hall–Kier alpha value is -1.97. The van der Waals surface area contributed by atoms with Gasteiger partial charge in [0.25, 0.3) is 0 Å². The van der Waals surface area contributed by atoms with E-state index in [-0.39, 0.29) is 27.8 Å². The molecule has 1 N–H and O–H groups in total. The van der Waals surface area contributed by atoms with Crippen molar-refractivity contribution in [2.45, 2.75) is 25.7 Å². The van der Waals surface area contributed by atoms with Gasteiger partial charge < -0.3 is 5.32 Å². The zero-order valence-corrected chi connectivity index (χ0v) is 17.6. The van der Waals surface area contributed by atoms with Crippen LogP contribution in [0.3, 0.4) is 0 Å². The van der Waals surface area contributed by atoms with E-state index in [1.54, 1.807) is 0 Å². The molecule has 0 radical (unpaired) electrons. The number of hydrogen-bond donors (Lipinski definition) is 1. The summed E-state index contributed by atoms with van der Waals surface area (Å²) < 4.78 is 63.8. The van der Waals surface area contributed by atoms with E-state index in [0.29, 0.717) is 0 Å². The van der Waals surface area contributed by atoms with Crippen molar-refractivity contribution in [1.82, 2.24) is 5.32 Å². The number of sulfonamides is 1. The fourth-order valence-electron chi connectivity index (χ4n) is 2.67. The van der Waals surface area contributed by atoms with Crippen LogP contribution in [0.25, 0.3) is 0 Å². The van der Waals surface area contributed by atoms with Gasteiger partial charge in [-0.05, 0) is 42.8 Å². The lowest BCUT2D eigenvalue weighted by Gasteiger charge is -2.28. The van der Waals surface area contributed by atoms with E-state index in [0.717, 1.165) is 22.7 Å². The van der Waals surface area contributed by atoms with Crippen LogP contribution in [0.15, 0.2) is 42.5 Å². The molecule has 2 aromatic carbocycles. The summed E-state index contributed by atoms with van der Waals surface area (Å²) in [5, 5.41) is 2.81. The van der Waals surface area contributed by atoms with Crippen molar-refractivity contribution < 1.29 is 26.4 Å². The number of hydrogen-bond acceptors (Lipinski definition) is 3. The lowest BCUT2D eigenvalue weighted by atomic mass is 10.1. The Kier molecular flexibility index (Phi) is 7.08. The molecular weight excluding hydrogens is 452 g/mol. The molecule has 1 atom stereocenters. The fraction of sp³-hybridized carbons (Fsp3) is 0.278. The van der Waals surface area contributed by atoms with E-state index >= 15 is 0 Å². The number of carbonyl (C=O) groups excluding carboxylic acids is 1. The van der Waals surface area contributed by atoms with Crippen LogP contribution in [0.4, 0.5) is 18.9 Å². The van der Waals surface area contributed by atoms with Crippen LogP contribution in [-0.2, 0) is 27.5 Å². The molecule has 0 aromatic heterocycles. The van der Waals surface area contributed by atoms with Crippen LogP contribution in [0.5, 0.6) is 0 Å². The van der Waals surface area contributed by atoms with Crippen LogP contribution in [0, 0.1) is 0 Å². The molecule has 2 aromatic rings. The van der Waals surface area contributed by atoms with E-state index in [2.05, 4.69) is 5.32 Å². The molecule has 158 valence electrons. The normalized spacial score (nSPS) is 13.1. The Balaban J connectivity index is 2.22. The van der Waals surface area contributed by atoms with Gasteiger partial charge in [0, 0.05) is 16.6 Å². The van der Waals surface area contributed by atoms with Gasteiger partial charge in [-0.25, -0.2) is 8.42 Å². The number of rotatable bonds is 6. The third-order valence-corrected chi connectivity index (χ3v) is 5.59. The number of alkyl halides is 3. The second kappa shape index (κ2) is 8.81. The highest BCUT2D eigenvalue weighted by atomic mass is 35.5. The van der Waals surface area contributed by atoms with Gasteiger partial charge in [-0.3, -0.25) is 9.10 Å². The van der Waals surface area contributed by atoms with Gasteiger partial charge in [0.1, 0.15) is 6.04 Å². The van der Waals surface area contributed by atoms with Gasteiger partial charge in [0.05, 0.1) is 17.5 Å². The quantitative estimate of drug-likeness (QED) is 0.679. The van der Waals surface area contributed by atoms with Gasteiger partial charge in [0.15, 0.2) is 0 Å². The SMILES string of the molecule is C[C@@H](C(=O)NCc1cccc(C(F)(F)F)c1)N(c1cc(Cl)cc(Cl)c1)S(C)(=O)=O. The lowest BCUT2D eigenvalue weighted by Crippen LogP contribution is -2.47. The van der Waals surface area contributed by atoms with E-state index in [9.17, 15) is 26.4 Å². The molecule has 0 bridgehead atoms. The Morgan fingerprint density at radius 3 is 2.24 bits per heavy atom. The highest BCUT2D eigenvalue weighted by molar-refractivity contribution is 7.92. The van der Waals surface area contributed by atoms with Crippen LogP contribution in [0.2, 0.25) is 10.0 Å². The Labute approximate surface area is 176 Å². The van der Waals surface area contributed by atoms with Crippen LogP contribution >= 0.6 is 23.2 Å². The van der Waals surface area contributed by atoms with Crippen molar-refractivity contribution in [3.05, 3.63) is 63.6 Å². The molecule has 0 aliphatic rings. The summed E-state index contributed by atoms with van der Waals surface area (Å²) in [7, 11) is -3.90. The van der Waals surface area contributed by atoms with E-state index in [1.165, 1.54) is 37.3 Å². The first-order valence-corrected chi connectivity index (χ1v) is 10.8. The summed E-state index contributed by atoms with van der Waals surface area (Å²) >= 11 is 11.8. The number of halogens is 5. The molecule has 29 heavy (non-hydrogen) atoms. The number of nitrogens with one attached hydrogen (secondary N) is 1. The number of amides is 1. The van der Waals surface area contributed by atoms with Gasteiger partial charge >= 0.3 is 6.18 Å². The zero-order valence-electron chi connectivity index (χ0n) is 15.3. The first-order chi connectivity index (χ1) is 13.3. The van der Waals surface area contributed by atoms with Crippen LogP contribution < -0.4 is 9.62 Å². The molecule has 0 aliphatic heterocycles. The van der Waals surface area contributed by atoms with E-state index in [1.807, 2.05) is 0 Å². The number of benzene rings is 2. The van der Waals surface area contributed by atoms with Crippen LogP contribution in [0.1, 0.15) is 18.1 Å². The second-order valence-corrected chi connectivity index (χ2v) is 9.01. The molecule has 2 rings (SSSR count). The minimum Gasteiger partial charge on any atom is -0.350 e. The third-order valence-electron chi connectivity index (χ3n) is 3.91. The molecule has 0 fully saturated rings. The highest BCUT2D eigenvalue weighted by Crippen LogP contribution is 2.30. The smallest absolute Gasteiger partial charge is 0.350 e. The molecular formula is C18H17Cl2F3N2O3S. The third kappa shape index (κ3) is 6.25. The monoisotopic (exact) mass is 468 g/mol. The summed E-state index contributed by atoms with van der Waals surface area (Å²) in [5.41, 5.74) is -0.535. The maximum absolute atomic E-state index is 12.8. The predicted octanol–water partition coefficient (Wildman–Crippen LogP) is 4.48. The summed E-state index contributed by atoms with van der Waals surface area (Å²) in [6.45, 7) is 1.14. The van der Waals surface area contributed by atoms with E-state index < -0.39 is 33.7 Å². The molecule has 11 heteroatoms. The molecule has 0 saturated heterocycles. The molecule has 0 spiro atoms. The van der Waals surface area contributed by atoms with Crippen molar-refractivity contribution >= 4 is 44.8 Å². The highest BCUT2D eigenvalue weighted by Gasteiger charge is 2.31. The minimum absolute atomic E-state index is 0.0896. The Morgan fingerprint density at radius 1 is 1.14 bits per heavy atom. The number of nitrogens with zero attached hydrogens (tertiary/aromatic N) is 1. The van der Waals surface area contributed by atoms with Crippen molar-refractivity contribution in [2.75, 3.05) is 10.6 Å². The Morgan fingerprint density at radius 2 is 1.72 bits per heavy atom. The van der Waals surface area contributed by atoms with Crippen LogP contribution in [-0.4, -0.2) is 26.6 Å². The summed E-state index contributed by atoms with van der Waals surface area (Å²) in [6.07, 6.45) is -3.59. The summed E-state index contributed by atoms with van der Waals surface area (Å²) in [4.78, 5) is 12.5. The van der Waals surface area contributed by atoms with Gasteiger partial charge in [0.2, 0.25) is 15.9 Å². The standard InChI is InChI=1S/C18H17Cl2F3N2O3S/c1-11(25(29(2,27)28)16-8-14(19)7-15(20)9-16)17(26)24-10-12-4-3-5-13(6-12)18(21,22)23/h3-9,11H,10H2,1-2H3,(H,24,26)/t11-/m0/s1. The number of carbonyl (C=O) groups is 1. The molecule has 5 nitrogen and oxygen atoms in total. The molecule has 0 aliphatic carbocycles. The average molecular weight is 469 g/mol. The Bertz CT molecular complexity index is 993. The van der Waals surface area contributed by atoms with Gasteiger partial charge in [-0.1, -0.05) is 35.3 Å². The lowest BCUT2D eigenvalue weighted by molar-refractivity contribution is -0.137. The minimum atomic E-state index is -4.51. The summed E-state index contributed by atoms with van der Waals surface area (Å²) in [6, 6.07) is 7.36. The molecule has 1 amide bonds. The maximum Gasteiger partial charge on any atom is 0.416 e. The van der Waals surface area contributed by atoms with Crippen molar-refractivity contribution in [3.63, 3.8) is 0 Å². The van der Waals surface area contributed by atoms with E-state index in [4.69, 9.17) is 23.2 Å².